The predicted molar refractivity (Wildman–Crippen MR) is 217 cm³/mol. The molecule has 5 heteroatoms. The summed E-state index contributed by atoms with van der Waals surface area (Å²) in [6, 6.07) is 28.0. The van der Waals surface area contributed by atoms with E-state index in [1.807, 2.05) is 41.5 Å². The first-order valence-corrected chi connectivity index (χ1v) is 19.4. The average Bonchev–Trinajstić information content (AvgIpc) is 3.59. The molecule has 51 heavy (non-hydrogen) atoms. The Morgan fingerprint density at radius 1 is 0.843 bits per heavy atom. The number of carbonyl (C=O) groups excluding carboxylic acids is 1. The van der Waals surface area contributed by atoms with Crippen molar-refractivity contribution in [2.24, 2.45) is 16.7 Å². The first-order valence-electron chi connectivity index (χ1n) is 18.5. The molecule has 0 bridgehead atoms. The van der Waals surface area contributed by atoms with Crippen LogP contribution in [0.1, 0.15) is 113 Å². The Balaban J connectivity index is 0.000000335. The Labute approximate surface area is 325 Å². The molecule has 3 aromatic carbocycles. The van der Waals surface area contributed by atoms with Crippen molar-refractivity contribution in [3.05, 3.63) is 101 Å². The van der Waals surface area contributed by atoms with Crippen LogP contribution in [0.5, 0.6) is 0 Å². The van der Waals surface area contributed by atoms with Gasteiger partial charge in [0.25, 0.3) is 0 Å². The Kier molecular flexibility index (Phi) is 14.6. The number of hydrogen-bond donors (Lipinski definition) is 1. The number of hydrogen-bond acceptors (Lipinski definition) is 4. The van der Waals surface area contributed by atoms with E-state index >= 15 is 0 Å². The van der Waals surface area contributed by atoms with Gasteiger partial charge in [0, 0.05) is 48.1 Å². The number of aromatic nitrogens is 1. The van der Waals surface area contributed by atoms with Crippen LogP contribution in [0.2, 0.25) is 0 Å². The van der Waals surface area contributed by atoms with Gasteiger partial charge in [-0.1, -0.05) is 136 Å². The van der Waals surface area contributed by atoms with Gasteiger partial charge in [-0.15, -0.1) is 40.5 Å². The number of fused-ring (bicyclic) bond motifs is 2. The minimum absolute atomic E-state index is 0. The molecule has 275 valence electrons. The van der Waals surface area contributed by atoms with Crippen molar-refractivity contribution in [1.82, 2.24) is 4.98 Å². The fraction of sp³-hybridized carbons (Fsp3) is 0.435. The topological polar surface area (TPSA) is 50.2 Å². The number of aliphatic hydroxyl groups is 1. The number of aliphatic hydroxyl groups excluding tert-OH is 1. The molecule has 3 nitrogen and oxygen atoms in total. The molecule has 0 aliphatic rings. The molecule has 5 rings (SSSR count). The van der Waals surface area contributed by atoms with Crippen molar-refractivity contribution in [3.8, 4) is 22.4 Å². The van der Waals surface area contributed by atoms with Crippen molar-refractivity contribution < 1.29 is 30.0 Å². The van der Waals surface area contributed by atoms with Crippen LogP contribution in [-0.2, 0) is 36.7 Å². The largest absolute Gasteiger partial charge is 0.512 e. The van der Waals surface area contributed by atoms with E-state index < -0.39 is 0 Å². The van der Waals surface area contributed by atoms with Crippen LogP contribution in [0.15, 0.2) is 83.9 Å². The second-order valence-corrected chi connectivity index (χ2v) is 16.7. The third kappa shape index (κ3) is 9.86. The third-order valence-corrected chi connectivity index (χ3v) is 11.6. The maximum Gasteiger partial charge on any atom is 0.164 e. The van der Waals surface area contributed by atoms with Gasteiger partial charge in [0.1, 0.15) is 10.6 Å². The normalized spacial score (nSPS) is 12.5. The van der Waals surface area contributed by atoms with E-state index in [4.69, 9.17) is 4.98 Å². The van der Waals surface area contributed by atoms with Gasteiger partial charge in [-0.2, -0.15) is 0 Å². The first-order chi connectivity index (χ1) is 23.6. The van der Waals surface area contributed by atoms with E-state index in [1.165, 1.54) is 39.1 Å². The molecule has 0 spiro atoms. The number of allylic oxidation sites excluding steroid dienone is 2. The van der Waals surface area contributed by atoms with Gasteiger partial charge in [0.05, 0.1) is 0 Å². The van der Waals surface area contributed by atoms with E-state index in [-0.39, 0.29) is 47.9 Å². The quantitative estimate of drug-likeness (QED) is 0.0817. The first kappa shape index (κ1) is 42.3. The zero-order valence-electron chi connectivity index (χ0n) is 32.7. The molecule has 0 aliphatic carbocycles. The summed E-state index contributed by atoms with van der Waals surface area (Å²) in [5, 5.41) is 15.9. The molecule has 0 unspecified atom stereocenters. The summed E-state index contributed by atoms with van der Waals surface area (Å²) in [5.74, 6) is 0.946. The van der Waals surface area contributed by atoms with Crippen LogP contribution >= 0.6 is 11.3 Å². The van der Waals surface area contributed by atoms with Crippen LogP contribution in [-0.4, -0.2) is 15.9 Å². The molecule has 0 saturated carbocycles. The summed E-state index contributed by atoms with van der Waals surface area (Å²) in [5.41, 5.74) is 6.69. The summed E-state index contributed by atoms with van der Waals surface area (Å²) in [4.78, 5) is 18.3. The number of benzene rings is 3. The molecule has 0 saturated heterocycles. The van der Waals surface area contributed by atoms with Crippen LogP contribution in [0.3, 0.4) is 0 Å². The second-order valence-electron chi connectivity index (χ2n) is 15.8. The fourth-order valence-electron chi connectivity index (χ4n) is 6.29. The fourth-order valence-corrected chi connectivity index (χ4v) is 7.08. The molecular weight excluding hydrogens is 823 g/mol. The van der Waals surface area contributed by atoms with E-state index in [9.17, 15) is 9.90 Å². The van der Waals surface area contributed by atoms with Crippen molar-refractivity contribution in [2.45, 2.75) is 114 Å². The average molecular weight is 881 g/mol. The monoisotopic (exact) mass is 881 g/mol. The number of ketones is 1. The third-order valence-electron chi connectivity index (χ3n) is 10.8. The predicted octanol–water partition coefficient (Wildman–Crippen LogP) is 13.7. The van der Waals surface area contributed by atoms with Crippen molar-refractivity contribution in [2.75, 3.05) is 0 Å². The van der Waals surface area contributed by atoms with Gasteiger partial charge in [-0.25, -0.2) is 0 Å². The van der Waals surface area contributed by atoms with Gasteiger partial charge >= 0.3 is 0 Å². The summed E-state index contributed by atoms with van der Waals surface area (Å²) >= 11 is 1.70. The molecule has 2 heterocycles. The van der Waals surface area contributed by atoms with Crippen LogP contribution in [0.25, 0.3) is 43.4 Å². The summed E-state index contributed by atoms with van der Waals surface area (Å²) in [6.07, 6.45) is 5.86. The maximum absolute atomic E-state index is 12.2. The number of pyridine rings is 1. The minimum Gasteiger partial charge on any atom is -0.512 e. The van der Waals surface area contributed by atoms with Crippen LogP contribution in [0, 0.1) is 22.8 Å². The van der Waals surface area contributed by atoms with Gasteiger partial charge in [-0.05, 0) is 71.6 Å². The Morgan fingerprint density at radius 3 is 2.02 bits per heavy atom. The van der Waals surface area contributed by atoms with E-state index in [0.29, 0.717) is 5.92 Å². The molecular formula is C46H58IrNO2S-. The van der Waals surface area contributed by atoms with E-state index in [0.717, 1.165) is 53.6 Å². The Bertz CT molecular complexity index is 1940. The summed E-state index contributed by atoms with van der Waals surface area (Å²) < 4.78 is 0. The molecule has 0 atom stereocenters. The number of nitrogens with zero attached hydrogens (tertiary/aromatic N) is 1. The Morgan fingerprint density at radius 2 is 1.45 bits per heavy atom. The zero-order valence-corrected chi connectivity index (χ0v) is 35.9. The summed E-state index contributed by atoms with van der Waals surface area (Å²) in [7, 11) is 0. The minimum atomic E-state index is -0.337. The van der Waals surface area contributed by atoms with Crippen LogP contribution in [0.4, 0.5) is 0 Å². The van der Waals surface area contributed by atoms with Gasteiger partial charge < -0.3 is 5.11 Å². The molecule has 0 aliphatic heterocycles. The molecule has 0 fully saturated rings. The van der Waals surface area contributed by atoms with Gasteiger partial charge in [-0.3, -0.25) is 9.78 Å². The summed E-state index contributed by atoms with van der Waals surface area (Å²) in [6.45, 7) is 23.4. The SMILES string of the molecule is CC(C)Cc1ccc(-c2cc(-c3[c-]c4ccccc4c(C(C)(C)C)c3)nc3sccc23)cc1.CCC(C)(CC)C(=O)/C=C(\O)C(C)(CC)CC.[Ir]. The molecule has 5 aromatic rings. The maximum atomic E-state index is 12.2. The zero-order chi connectivity index (χ0) is 36.9. The Hall–Kier alpha value is -3.11. The second kappa shape index (κ2) is 17.6. The van der Waals surface area contributed by atoms with Gasteiger partial charge in [0.15, 0.2) is 5.78 Å². The standard InChI is InChI=1S/C31H30NS.C15H28O2.Ir/c1-20(2)16-21-10-12-22(13-11-21)27-19-29(32-30-26(27)14-15-33-30)24-17-23-8-6-7-9-25(23)28(18-24)31(3,4)5;1-7-14(5,8-2)12(16)11-13(17)15(6,9-3)10-4;/h6-15,18-20H,16H2,1-5H3;11,16H,7-10H2,1-6H3;/q-1;;/b;12-11-;. The van der Waals surface area contributed by atoms with Crippen molar-refractivity contribution >= 4 is 38.1 Å². The number of carbonyl (C=O) groups is 1. The van der Waals surface area contributed by atoms with E-state index in [1.54, 1.807) is 11.3 Å². The molecule has 1 N–H and O–H groups in total. The van der Waals surface area contributed by atoms with Gasteiger partial charge in [0.2, 0.25) is 0 Å². The smallest absolute Gasteiger partial charge is 0.164 e. The van der Waals surface area contributed by atoms with Crippen LogP contribution < -0.4 is 0 Å². The number of thiophene rings is 1. The molecule has 0 amide bonds. The molecule has 1 radical (unpaired) electrons. The van der Waals surface area contributed by atoms with Crippen molar-refractivity contribution in [3.63, 3.8) is 0 Å². The van der Waals surface area contributed by atoms with E-state index in [2.05, 4.69) is 113 Å². The number of rotatable bonds is 11. The molecule has 2 aromatic heterocycles. The van der Waals surface area contributed by atoms with Crippen molar-refractivity contribution in [1.29, 1.82) is 0 Å².